The Morgan fingerprint density at radius 1 is 0.731 bits per heavy atom. The minimum atomic E-state index is -2.59. The van der Waals surface area contributed by atoms with Crippen molar-refractivity contribution in [1.29, 1.82) is 0 Å². The average Bonchev–Trinajstić information content (AvgIpc) is 2.71. The third kappa shape index (κ3) is 2.59. The molecule has 128 valence electrons. The van der Waals surface area contributed by atoms with Crippen LogP contribution in [-0.2, 0) is 4.43 Å². The van der Waals surface area contributed by atoms with Gasteiger partial charge in [-0.05, 0) is 38.8 Å². The van der Waals surface area contributed by atoms with Crippen molar-refractivity contribution in [2.24, 2.45) is 0 Å². The molecule has 0 aromatic heterocycles. The van der Waals surface area contributed by atoms with Crippen LogP contribution in [-0.4, -0.2) is 14.9 Å². The lowest BCUT2D eigenvalue weighted by molar-refractivity contribution is 0.347. The van der Waals surface area contributed by atoms with E-state index in [1.165, 1.54) is 31.9 Å². The largest absolute Gasteiger partial charge is 0.405 e. The van der Waals surface area contributed by atoms with Crippen LogP contribution in [0.1, 0.15) is 6.92 Å². The van der Waals surface area contributed by atoms with Crippen LogP contribution >= 0.6 is 0 Å². The fourth-order valence-electron chi connectivity index (χ4n) is 3.91. The van der Waals surface area contributed by atoms with E-state index < -0.39 is 8.32 Å². The Labute approximate surface area is 155 Å². The molecule has 0 bridgehead atoms. The molecule has 0 saturated carbocycles. The summed E-state index contributed by atoms with van der Waals surface area (Å²) in [5, 5.41) is 7.52. The normalized spacial score (nSPS) is 11.7. The first kappa shape index (κ1) is 16.8. The van der Waals surface area contributed by atoms with Gasteiger partial charge in [-0.3, -0.25) is 0 Å². The topological polar surface area (TPSA) is 9.23 Å². The van der Waals surface area contributed by atoms with Gasteiger partial charge in [-0.25, -0.2) is 0 Å². The standard InChI is InChI=1S/C24H22OSi/c1-3-25-26(4-2,23-17-9-13-19-11-5-7-15-21(19)23)24-18-10-14-20-12-6-8-16-22(20)24/h4-18H,2-3H2,1H3. The SMILES string of the molecule is C=C[Si](OCC)(c1cccc2ccccc12)c1cccc2ccccc12. The molecule has 1 nitrogen and oxygen atoms in total. The molecule has 0 unspecified atom stereocenters. The van der Waals surface area contributed by atoms with Crippen LogP contribution in [0.25, 0.3) is 21.5 Å². The Morgan fingerprint density at radius 3 is 1.65 bits per heavy atom. The maximum absolute atomic E-state index is 6.59. The Kier molecular flexibility index (Phi) is 4.45. The summed E-state index contributed by atoms with van der Waals surface area (Å²) in [5.41, 5.74) is 2.08. The zero-order valence-corrected chi connectivity index (χ0v) is 16.0. The zero-order chi connectivity index (χ0) is 18.0. The highest BCUT2D eigenvalue weighted by atomic mass is 28.4. The van der Waals surface area contributed by atoms with Gasteiger partial charge in [-0.1, -0.05) is 90.6 Å². The van der Waals surface area contributed by atoms with Crippen molar-refractivity contribution < 1.29 is 4.43 Å². The molecule has 0 atom stereocenters. The number of hydrogen-bond acceptors (Lipinski definition) is 1. The molecule has 0 saturated heterocycles. The van der Waals surface area contributed by atoms with E-state index in [9.17, 15) is 0 Å². The van der Waals surface area contributed by atoms with Gasteiger partial charge in [0.25, 0.3) is 8.32 Å². The van der Waals surface area contributed by atoms with Crippen LogP contribution in [0.15, 0.2) is 97.2 Å². The second-order valence-corrected chi connectivity index (χ2v) is 9.67. The van der Waals surface area contributed by atoms with E-state index in [1.807, 2.05) is 0 Å². The molecule has 0 spiro atoms. The number of hydrogen-bond donors (Lipinski definition) is 0. The van der Waals surface area contributed by atoms with Gasteiger partial charge in [-0.2, -0.15) is 0 Å². The van der Waals surface area contributed by atoms with Crippen molar-refractivity contribution >= 4 is 40.2 Å². The second kappa shape index (κ2) is 6.91. The zero-order valence-electron chi connectivity index (χ0n) is 15.0. The van der Waals surface area contributed by atoms with Crippen molar-refractivity contribution in [3.8, 4) is 0 Å². The highest BCUT2D eigenvalue weighted by Crippen LogP contribution is 2.21. The van der Waals surface area contributed by atoms with Crippen molar-refractivity contribution in [3.63, 3.8) is 0 Å². The molecule has 0 amide bonds. The second-order valence-electron chi connectivity index (χ2n) is 6.43. The minimum absolute atomic E-state index is 0.657. The lowest BCUT2D eigenvalue weighted by Crippen LogP contribution is -2.60. The van der Waals surface area contributed by atoms with Crippen LogP contribution in [0, 0.1) is 0 Å². The van der Waals surface area contributed by atoms with E-state index in [2.05, 4.69) is 104 Å². The third-order valence-corrected chi connectivity index (χ3v) is 8.83. The highest BCUT2D eigenvalue weighted by Gasteiger charge is 2.38. The predicted octanol–water partition coefficient (Wildman–Crippen LogP) is 4.81. The molecule has 0 aliphatic heterocycles. The molecule has 4 aromatic carbocycles. The molecular formula is C24H22OSi. The van der Waals surface area contributed by atoms with Gasteiger partial charge < -0.3 is 4.43 Å². The van der Waals surface area contributed by atoms with Gasteiger partial charge in [-0.15, -0.1) is 6.58 Å². The van der Waals surface area contributed by atoms with Crippen LogP contribution < -0.4 is 10.4 Å². The van der Waals surface area contributed by atoms with Crippen molar-refractivity contribution in [2.45, 2.75) is 6.92 Å². The molecule has 4 rings (SSSR count). The predicted molar refractivity (Wildman–Crippen MR) is 115 cm³/mol. The quantitative estimate of drug-likeness (QED) is 0.467. The Morgan fingerprint density at radius 2 is 1.19 bits per heavy atom. The summed E-state index contributed by atoms with van der Waals surface area (Å²) in [6.07, 6.45) is 0. The van der Waals surface area contributed by atoms with Gasteiger partial charge in [0.05, 0.1) is 0 Å². The van der Waals surface area contributed by atoms with E-state index in [-0.39, 0.29) is 0 Å². The maximum atomic E-state index is 6.59. The highest BCUT2D eigenvalue weighted by molar-refractivity contribution is 7.03. The lowest BCUT2D eigenvalue weighted by Gasteiger charge is -2.31. The summed E-state index contributed by atoms with van der Waals surface area (Å²) < 4.78 is 6.59. The fraction of sp³-hybridized carbons (Fsp3) is 0.0833. The first-order valence-electron chi connectivity index (χ1n) is 9.04. The van der Waals surface area contributed by atoms with E-state index >= 15 is 0 Å². The van der Waals surface area contributed by atoms with E-state index in [0.717, 1.165) is 0 Å². The minimum Gasteiger partial charge on any atom is -0.405 e. The van der Waals surface area contributed by atoms with Gasteiger partial charge in [0, 0.05) is 6.61 Å². The van der Waals surface area contributed by atoms with Crippen LogP contribution in [0.5, 0.6) is 0 Å². The van der Waals surface area contributed by atoms with Gasteiger partial charge in [0.15, 0.2) is 0 Å². The summed E-state index contributed by atoms with van der Waals surface area (Å²) in [6, 6.07) is 30.1. The molecule has 0 heterocycles. The number of fused-ring (bicyclic) bond motifs is 2. The Hall–Kier alpha value is -2.68. The van der Waals surface area contributed by atoms with E-state index in [1.54, 1.807) is 0 Å². The first-order valence-corrected chi connectivity index (χ1v) is 11.0. The number of benzene rings is 4. The van der Waals surface area contributed by atoms with Gasteiger partial charge in [0.2, 0.25) is 0 Å². The molecule has 4 aromatic rings. The van der Waals surface area contributed by atoms with Gasteiger partial charge in [0.1, 0.15) is 0 Å². The van der Waals surface area contributed by atoms with Crippen LogP contribution in [0.2, 0.25) is 0 Å². The Bertz CT molecular complexity index is 994. The fourth-order valence-corrected chi connectivity index (χ4v) is 7.46. The third-order valence-electron chi connectivity index (χ3n) is 5.04. The summed E-state index contributed by atoms with van der Waals surface area (Å²) in [6.45, 7) is 6.98. The average molecular weight is 355 g/mol. The van der Waals surface area contributed by atoms with Crippen molar-refractivity contribution in [1.82, 2.24) is 0 Å². The van der Waals surface area contributed by atoms with E-state index in [0.29, 0.717) is 6.61 Å². The first-order chi connectivity index (χ1) is 12.8. The number of rotatable bonds is 5. The smallest absolute Gasteiger partial charge is 0.281 e. The molecule has 0 aliphatic carbocycles. The summed E-state index contributed by atoms with van der Waals surface area (Å²) in [5.74, 6) is 0. The Balaban J connectivity index is 2.10. The maximum Gasteiger partial charge on any atom is 0.281 e. The van der Waals surface area contributed by atoms with E-state index in [4.69, 9.17) is 4.43 Å². The molecule has 0 fully saturated rings. The summed E-state index contributed by atoms with van der Waals surface area (Å²) in [7, 11) is -2.59. The summed E-state index contributed by atoms with van der Waals surface area (Å²) >= 11 is 0. The molecule has 26 heavy (non-hydrogen) atoms. The van der Waals surface area contributed by atoms with Crippen molar-refractivity contribution in [2.75, 3.05) is 6.61 Å². The molecule has 2 heteroatoms. The molecule has 0 radical (unpaired) electrons. The monoisotopic (exact) mass is 354 g/mol. The lowest BCUT2D eigenvalue weighted by atomic mass is 10.1. The molecular weight excluding hydrogens is 332 g/mol. The van der Waals surface area contributed by atoms with Crippen molar-refractivity contribution in [3.05, 3.63) is 97.2 Å². The molecule has 0 N–H and O–H groups in total. The molecule has 0 aliphatic rings. The summed E-state index contributed by atoms with van der Waals surface area (Å²) in [4.78, 5) is 0. The van der Waals surface area contributed by atoms with Crippen LogP contribution in [0.3, 0.4) is 0 Å². The van der Waals surface area contributed by atoms with Crippen LogP contribution in [0.4, 0.5) is 0 Å². The van der Waals surface area contributed by atoms with Gasteiger partial charge >= 0.3 is 0 Å².